The molecule has 0 aromatic heterocycles. The molecule has 0 bridgehead atoms. The van der Waals surface area contributed by atoms with E-state index in [1.807, 2.05) is 25.0 Å². The van der Waals surface area contributed by atoms with E-state index in [0.29, 0.717) is 69.3 Å². The first-order valence-electron chi connectivity index (χ1n) is 44.5. The van der Waals surface area contributed by atoms with Crippen LogP contribution in [-0.2, 0) is 143 Å². The van der Waals surface area contributed by atoms with E-state index in [2.05, 4.69) is 33.2 Å². The van der Waals surface area contributed by atoms with Gasteiger partial charge in [0, 0.05) is 125 Å². The predicted octanol–water partition coefficient (Wildman–Crippen LogP) is -0.0212. The van der Waals surface area contributed by atoms with Crippen molar-refractivity contribution < 1.29 is 215 Å². The maximum Gasteiger partial charge on any atom is 0.308 e. The number of hydrogen-bond donors (Lipinski definition) is 14. The zero-order valence-electron chi connectivity index (χ0n) is 82.4. The average Bonchev–Trinajstić information content (AvgIpc) is 1.74. The Balaban J connectivity index is -0.000000514. The molecule has 53 heteroatoms. The first kappa shape index (κ1) is 143. The number of nitrogens with zero attached hydrogens (tertiary/aromatic N) is 2. The minimum Gasteiger partial charge on any atom is -0.469 e. The standard InChI is InChI=1S/2C16H23NO8.2C13H24O6S2.C12H22O6.C9H18O5S2.C9H18O5S/c2*1-24-16(23)8-13(20)10-25-9-12(19)3-2-11(18)6-7-17-14(21)4-5-15(17)22;2*1-18-13(17)7-12(16)9-19-8-11(15)4-3-10(14)5-6-21-20-2;1-3-9(13)4-5-10(14)7-18-8-11(15)6-12(16)17-2;1-13-9(12)3-7(10)4-14-5-8(11)6-16-15-2;1-13-9(12)3-7(10)4-14-5-8(11)6-15-2/h2*4-5,12-13,19-20H,2-3,6-10H2,1H3;2*11-12,15-16H,3-9H2,1-2H3;10-11,14-15H,3-8H2,1-2H3;7-8,10-11H,3-6H2,1-2H3;7-8,10-11H,3-6H2,1-2H3. The minimum atomic E-state index is -1.02. The van der Waals surface area contributed by atoms with Gasteiger partial charge in [0.25, 0.3) is 23.6 Å². The SMILES string of the molecule is CCC(=O)CCC(O)COCC(O)CC(=O)OC.COC(=O)CC(O)COCC(O)CCC(=O)CCN1C(=O)C=CC1=O.COC(=O)CC(O)COCC(O)CCC(=O)CCN1C(=O)C=CC1=O.COC(=O)CC(O)COCC(O)CCC(=O)CCSSC.COC(=O)CC(O)COCC(O)CCC(=O)CCSSC.COC(=O)CC(O)COCC(O)CSC.COC(=O)CC(O)COCC(O)CSSC. The van der Waals surface area contributed by atoms with Crippen molar-refractivity contribution in [2.75, 3.05) is 203 Å². The Morgan fingerprint density at radius 3 is 0.631 bits per heavy atom. The van der Waals surface area contributed by atoms with Crippen LogP contribution in [0.4, 0.5) is 0 Å². The number of Topliss-reactive ketones (excluding diaryl/α,β-unsaturated/α-hetero) is 5. The number of hydrogen-bond acceptors (Lipinski definition) is 51. The summed E-state index contributed by atoms with van der Waals surface area (Å²) in [6.07, 6.45) is 3.65. The lowest BCUT2D eigenvalue weighted by molar-refractivity contribution is -0.144. The lowest BCUT2D eigenvalue weighted by Crippen LogP contribution is -2.32. The van der Waals surface area contributed by atoms with Gasteiger partial charge in [-0.3, -0.25) is 86.5 Å². The first-order valence-corrected chi connectivity index (χ1v) is 54.1. The summed E-state index contributed by atoms with van der Waals surface area (Å²) in [6, 6.07) is 0. The van der Waals surface area contributed by atoms with Crippen LogP contribution in [0, 0.1) is 0 Å². The predicted molar refractivity (Wildman–Crippen MR) is 524 cm³/mol. The molecule has 14 atom stereocenters. The van der Waals surface area contributed by atoms with Crippen LogP contribution in [0.15, 0.2) is 24.3 Å². The van der Waals surface area contributed by atoms with E-state index in [4.69, 9.17) is 33.2 Å². The van der Waals surface area contributed by atoms with Gasteiger partial charge in [-0.25, -0.2) is 0 Å². The van der Waals surface area contributed by atoms with Gasteiger partial charge >= 0.3 is 41.8 Å². The van der Waals surface area contributed by atoms with Gasteiger partial charge in [-0.05, 0) is 57.1 Å². The van der Waals surface area contributed by atoms with Crippen molar-refractivity contribution in [3.8, 4) is 0 Å². The maximum absolute atomic E-state index is 11.7. The third kappa shape index (κ3) is 93.5. The Morgan fingerprint density at radius 1 is 0.255 bits per heavy atom. The molecule has 141 heavy (non-hydrogen) atoms. The number of carbonyl (C=O) groups excluding carboxylic acids is 16. The molecule has 820 valence electrons. The van der Waals surface area contributed by atoms with Gasteiger partial charge in [0.1, 0.15) is 28.9 Å². The van der Waals surface area contributed by atoms with Gasteiger partial charge in [0.2, 0.25) is 0 Å². The average molecular weight is 2170 g/mol. The van der Waals surface area contributed by atoms with Crippen molar-refractivity contribution >= 4 is 171 Å². The van der Waals surface area contributed by atoms with Gasteiger partial charge in [-0.1, -0.05) is 71.7 Å². The van der Waals surface area contributed by atoms with Crippen LogP contribution < -0.4 is 0 Å². The molecule has 0 saturated heterocycles. The molecule has 14 N–H and O–H groups in total. The number of thioether (sulfide) groups is 1. The number of esters is 7. The van der Waals surface area contributed by atoms with Crippen molar-refractivity contribution in [3.63, 3.8) is 0 Å². The number of ketones is 5. The summed E-state index contributed by atoms with van der Waals surface area (Å²) in [5.74, 6) is -2.63. The molecular weight excluding hydrogens is 2010 g/mol. The molecule has 0 radical (unpaired) electrons. The van der Waals surface area contributed by atoms with Crippen LogP contribution in [0.3, 0.4) is 0 Å². The summed E-state index contributed by atoms with van der Waals surface area (Å²) in [4.78, 5) is 181. The Labute approximate surface area is 851 Å². The van der Waals surface area contributed by atoms with E-state index < -0.39 is 151 Å². The highest BCUT2D eigenvalue weighted by Crippen LogP contribution is 2.21. The number of aliphatic hydroxyl groups excluding tert-OH is 14. The molecule has 4 amide bonds. The number of aliphatic hydroxyl groups is 14. The first-order chi connectivity index (χ1) is 66.8. The highest BCUT2D eigenvalue weighted by molar-refractivity contribution is 8.77. The third-order valence-electron chi connectivity index (χ3n) is 17.9. The van der Waals surface area contributed by atoms with E-state index in [9.17, 15) is 148 Å². The van der Waals surface area contributed by atoms with E-state index in [-0.39, 0.29) is 218 Å². The van der Waals surface area contributed by atoms with Gasteiger partial charge in [0.05, 0.1) is 273 Å². The van der Waals surface area contributed by atoms with Gasteiger partial charge in [-0.2, -0.15) is 11.8 Å². The van der Waals surface area contributed by atoms with Crippen LogP contribution in [0.1, 0.15) is 148 Å². The van der Waals surface area contributed by atoms with E-state index in [1.54, 1.807) is 60.9 Å². The van der Waals surface area contributed by atoms with Crippen LogP contribution in [0.2, 0.25) is 0 Å². The zero-order valence-corrected chi connectivity index (χ0v) is 88.1. The van der Waals surface area contributed by atoms with E-state index in [1.165, 1.54) is 72.3 Å². The molecular formula is C88H152N2O44S7. The molecule has 0 spiro atoms. The molecule has 2 heterocycles. The van der Waals surface area contributed by atoms with Crippen LogP contribution in [-0.4, -0.2) is 464 Å². The Kier molecular flexibility index (Phi) is 97.8. The smallest absolute Gasteiger partial charge is 0.308 e. The number of amides is 4. The van der Waals surface area contributed by atoms with Crippen molar-refractivity contribution in [1.82, 2.24) is 9.80 Å². The molecule has 0 aromatic rings. The highest BCUT2D eigenvalue weighted by Gasteiger charge is 2.27. The topological polar surface area (TPSA) is 692 Å². The number of ether oxygens (including phenoxy) is 14. The molecule has 0 fully saturated rings. The summed E-state index contributed by atoms with van der Waals surface area (Å²) in [5, 5.41) is 133. The Bertz CT molecular complexity index is 3280. The van der Waals surface area contributed by atoms with Gasteiger partial charge < -0.3 is 138 Å². The molecule has 0 saturated carbocycles. The van der Waals surface area contributed by atoms with Crippen molar-refractivity contribution in [1.29, 1.82) is 0 Å². The number of imide groups is 2. The fourth-order valence-electron chi connectivity index (χ4n) is 10.1. The molecule has 2 aliphatic heterocycles. The van der Waals surface area contributed by atoms with Gasteiger partial charge in [-0.15, -0.1) is 0 Å². The monoisotopic (exact) mass is 2160 g/mol. The second-order valence-electron chi connectivity index (χ2n) is 30.3. The summed E-state index contributed by atoms with van der Waals surface area (Å²) >= 11 is 1.52. The highest BCUT2D eigenvalue weighted by atomic mass is 33.1. The molecule has 46 nitrogen and oxygen atoms in total. The van der Waals surface area contributed by atoms with E-state index >= 15 is 0 Å². The minimum absolute atomic E-state index is 0.0236. The molecule has 2 rings (SSSR count). The largest absolute Gasteiger partial charge is 0.469 e. The summed E-state index contributed by atoms with van der Waals surface area (Å²) in [6.45, 7) is 1.71. The fraction of sp³-hybridized carbons (Fsp3) is 0.773. The van der Waals surface area contributed by atoms with Crippen LogP contribution in [0.5, 0.6) is 0 Å². The molecule has 0 aliphatic carbocycles. The molecule has 0 aromatic carbocycles. The lowest BCUT2D eigenvalue weighted by atomic mass is 10.1. The Morgan fingerprint density at radius 2 is 0.440 bits per heavy atom. The van der Waals surface area contributed by atoms with Crippen LogP contribution in [0.25, 0.3) is 0 Å². The quantitative estimate of drug-likeness (QED) is 0.0125. The van der Waals surface area contributed by atoms with Crippen molar-refractivity contribution in [2.45, 2.75) is 234 Å². The fourth-order valence-corrected chi connectivity index (χ4v) is 14.3. The second-order valence-corrected chi connectivity index (χ2v) is 39.2. The van der Waals surface area contributed by atoms with E-state index in [0.717, 1.165) is 45.6 Å². The Hall–Kier alpha value is -5.99. The normalized spacial score (nSPS) is 14.8. The second kappa shape index (κ2) is 96.2. The molecule has 14 unspecified atom stereocenters. The lowest BCUT2D eigenvalue weighted by Gasteiger charge is -2.14. The number of rotatable bonds is 77. The third-order valence-corrected chi connectivity index (χ3v) is 24.1. The summed E-state index contributed by atoms with van der Waals surface area (Å²) < 4.78 is 66.3. The van der Waals surface area contributed by atoms with Crippen molar-refractivity contribution in [2.24, 2.45) is 0 Å². The van der Waals surface area contributed by atoms with Gasteiger partial charge in [0.15, 0.2) is 0 Å². The zero-order chi connectivity index (χ0) is 108. The van der Waals surface area contributed by atoms with Crippen LogP contribution >= 0.6 is 76.5 Å². The summed E-state index contributed by atoms with van der Waals surface area (Å²) in [7, 11) is 18.3. The number of methoxy groups -OCH3 is 7. The maximum atomic E-state index is 11.7. The molecule has 2 aliphatic rings. The summed E-state index contributed by atoms with van der Waals surface area (Å²) in [5.41, 5.74) is 0. The van der Waals surface area contributed by atoms with Crippen molar-refractivity contribution in [3.05, 3.63) is 24.3 Å². The number of carbonyl (C=O) groups is 16.